The summed E-state index contributed by atoms with van der Waals surface area (Å²) in [5.74, 6) is -1.54. The number of nitrogens with two attached hydrogens (primary N) is 1. The molecule has 3 rings (SSSR count). The number of rotatable bonds is 7. The van der Waals surface area contributed by atoms with Gasteiger partial charge < -0.3 is 10.6 Å². The van der Waals surface area contributed by atoms with Gasteiger partial charge in [0.1, 0.15) is 11.6 Å². The van der Waals surface area contributed by atoms with Crippen LogP contribution in [-0.2, 0) is 9.59 Å². The smallest absolute Gasteiger partial charge is 0.226 e. The Morgan fingerprint density at radius 2 is 1.40 bits per heavy atom. The Hall–Kier alpha value is -2.80. The Morgan fingerprint density at radius 1 is 0.933 bits per heavy atom. The number of carbonyl (C=O) groups is 2. The van der Waals surface area contributed by atoms with Crippen LogP contribution in [0.5, 0.6) is 0 Å². The molecule has 1 unspecified atom stereocenters. The van der Waals surface area contributed by atoms with Gasteiger partial charge in [0.25, 0.3) is 0 Å². The van der Waals surface area contributed by atoms with Gasteiger partial charge in [0.2, 0.25) is 11.8 Å². The minimum atomic E-state index is -0.426. The molecule has 2 N–H and O–H groups in total. The maximum Gasteiger partial charge on any atom is 0.226 e. The van der Waals surface area contributed by atoms with Gasteiger partial charge in [-0.1, -0.05) is 31.2 Å². The van der Waals surface area contributed by atoms with Gasteiger partial charge in [-0.25, -0.2) is 8.78 Å². The van der Waals surface area contributed by atoms with Crippen molar-refractivity contribution in [3.05, 3.63) is 77.7 Å². The highest BCUT2D eigenvalue weighted by molar-refractivity contribution is 5.86. The molecule has 2 aromatic rings. The molecule has 0 saturated carbocycles. The summed E-state index contributed by atoms with van der Waals surface area (Å²) >= 11 is 0. The standard InChI is InChI=1S/C23H26F2N3O2/c1-16(23(26)30)2-11-21(29)27-12-14-28(15-13-27)22(17-3-7-19(24)8-4-17)18-5-9-20(25)10-6-18/h3-11,16,22H,2,12-15H2,1H3,(H2,26,30). The SMILES string of the molecule is CC(C[CH]C(=O)N1CCN(C(c2ccc(F)cc2)c2ccc(F)cc2)CC1)C(N)=O. The van der Waals surface area contributed by atoms with Gasteiger partial charge in [0.15, 0.2) is 0 Å². The zero-order chi connectivity index (χ0) is 21.7. The number of piperazine rings is 1. The lowest BCUT2D eigenvalue weighted by Gasteiger charge is -2.40. The summed E-state index contributed by atoms with van der Waals surface area (Å²) in [7, 11) is 0. The second-order valence-corrected chi connectivity index (χ2v) is 7.61. The molecule has 2 amide bonds. The molecule has 1 fully saturated rings. The third-order valence-electron chi connectivity index (χ3n) is 5.49. The number of amides is 2. The molecule has 30 heavy (non-hydrogen) atoms. The lowest BCUT2D eigenvalue weighted by molar-refractivity contribution is -0.129. The van der Waals surface area contributed by atoms with Crippen LogP contribution in [0.25, 0.3) is 0 Å². The van der Waals surface area contributed by atoms with E-state index in [0.29, 0.717) is 32.6 Å². The normalized spacial score (nSPS) is 15.9. The lowest BCUT2D eigenvalue weighted by Crippen LogP contribution is -2.50. The van der Waals surface area contributed by atoms with Crippen molar-refractivity contribution in [2.24, 2.45) is 11.7 Å². The fourth-order valence-corrected chi connectivity index (χ4v) is 3.63. The summed E-state index contributed by atoms with van der Waals surface area (Å²) in [5.41, 5.74) is 7.06. The minimum absolute atomic E-state index is 0.108. The van der Waals surface area contributed by atoms with E-state index >= 15 is 0 Å². The maximum atomic E-state index is 13.4. The fraction of sp³-hybridized carbons (Fsp3) is 0.348. The van der Waals surface area contributed by atoms with E-state index in [1.54, 1.807) is 36.1 Å². The van der Waals surface area contributed by atoms with Crippen LogP contribution >= 0.6 is 0 Å². The van der Waals surface area contributed by atoms with Crippen LogP contribution in [0, 0.1) is 24.0 Å². The zero-order valence-corrected chi connectivity index (χ0v) is 16.9. The second kappa shape index (κ2) is 9.80. The molecule has 0 aliphatic carbocycles. The van der Waals surface area contributed by atoms with Crippen LogP contribution in [0.1, 0.15) is 30.5 Å². The van der Waals surface area contributed by atoms with Gasteiger partial charge in [-0.3, -0.25) is 14.5 Å². The molecule has 1 atom stereocenters. The summed E-state index contributed by atoms with van der Waals surface area (Å²) in [6.07, 6.45) is 1.84. The summed E-state index contributed by atoms with van der Waals surface area (Å²) in [6.45, 7) is 3.98. The van der Waals surface area contributed by atoms with Crippen molar-refractivity contribution < 1.29 is 18.4 Å². The quantitative estimate of drug-likeness (QED) is 0.758. The van der Waals surface area contributed by atoms with Crippen molar-refractivity contribution in [2.75, 3.05) is 26.2 Å². The van der Waals surface area contributed by atoms with E-state index in [1.165, 1.54) is 30.7 Å². The van der Waals surface area contributed by atoms with Crippen molar-refractivity contribution in [1.29, 1.82) is 0 Å². The molecule has 0 aromatic heterocycles. The van der Waals surface area contributed by atoms with Crippen molar-refractivity contribution in [2.45, 2.75) is 19.4 Å². The second-order valence-electron chi connectivity index (χ2n) is 7.61. The van der Waals surface area contributed by atoms with Crippen LogP contribution < -0.4 is 5.73 Å². The van der Waals surface area contributed by atoms with Gasteiger partial charge in [0.05, 0.1) is 12.5 Å². The highest BCUT2D eigenvalue weighted by Crippen LogP contribution is 2.30. The number of primary amides is 1. The molecule has 7 heteroatoms. The summed E-state index contributed by atoms with van der Waals surface area (Å²) in [4.78, 5) is 27.5. The van der Waals surface area contributed by atoms with E-state index in [2.05, 4.69) is 4.90 Å². The van der Waals surface area contributed by atoms with Crippen LogP contribution in [0.2, 0.25) is 0 Å². The number of halogens is 2. The Morgan fingerprint density at radius 3 is 1.83 bits per heavy atom. The van der Waals surface area contributed by atoms with Gasteiger partial charge in [-0.15, -0.1) is 0 Å². The molecule has 1 saturated heterocycles. The lowest BCUT2D eigenvalue weighted by atomic mass is 9.96. The van der Waals surface area contributed by atoms with Crippen LogP contribution in [0.15, 0.2) is 48.5 Å². The molecule has 0 spiro atoms. The number of carbonyl (C=O) groups excluding carboxylic acids is 2. The van der Waals surface area contributed by atoms with E-state index in [-0.39, 0.29) is 29.5 Å². The molecule has 5 nitrogen and oxygen atoms in total. The number of hydrogen-bond acceptors (Lipinski definition) is 3. The molecule has 1 aliphatic rings. The first kappa shape index (κ1) is 21.9. The molecule has 0 bridgehead atoms. The predicted molar refractivity (Wildman–Crippen MR) is 110 cm³/mol. The van der Waals surface area contributed by atoms with Crippen molar-refractivity contribution in [3.8, 4) is 0 Å². The Kier molecular flexibility index (Phi) is 7.15. The average Bonchev–Trinajstić information content (AvgIpc) is 2.75. The first-order chi connectivity index (χ1) is 14.3. The van der Waals surface area contributed by atoms with E-state index < -0.39 is 5.91 Å². The predicted octanol–water partition coefficient (Wildman–Crippen LogP) is 2.91. The van der Waals surface area contributed by atoms with Crippen LogP contribution in [0.4, 0.5) is 8.78 Å². The maximum absolute atomic E-state index is 13.4. The molecular weight excluding hydrogens is 388 g/mol. The largest absolute Gasteiger partial charge is 0.369 e. The highest BCUT2D eigenvalue weighted by atomic mass is 19.1. The van der Waals surface area contributed by atoms with Gasteiger partial charge >= 0.3 is 0 Å². The van der Waals surface area contributed by atoms with E-state index in [4.69, 9.17) is 5.73 Å². The summed E-state index contributed by atoms with van der Waals surface area (Å²) in [6, 6.07) is 12.4. The third-order valence-corrected chi connectivity index (χ3v) is 5.49. The van der Waals surface area contributed by atoms with Crippen LogP contribution in [0.3, 0.4) is 0 Å². The average molecular weight is 414 g/mol. The number of nitrogens with zero attached hydrogens (tertiary/aromatic N) is 2. The summed E-state index contributed by atoms with van der Waals surface area (Å²) in [5, 5.41) is 0. The highest BCUT2D eigenvalue weighted by Gasteiger charge is 2.28. The first-order valence-electron chi connectivity index (χ1n) is 10.0. The van der Waals surface area contributed by atoms with Crippen molar-refractivity contribution in [3.63, 3.8) is 0 Å². The number of hydrogen-bond donors (Lipinski definition) is 1. The molecular formula is C23H26F2N3O2. The zero-order valence-electron chi connectivity index (χ0n) is 16.9. The molecule has 159 valence electrons. The van der Waals surface area contributed by atoms with Gasteiger partial charge in [-0.2, -0.15) is 0 Å². The van der Waals surface area contributed by atoms with Crippen molar-refractivity contribution in [1.82, 2.24) is 9.80 Å². The van der Waals surface area contributed by atoms with E-state index in [9.17, 15) is 18.4 Å². The van der Waals surface area contributed by atoms with Gasteiger partial charge in [0, 0.05) is 32.1 Å². The first-order valence-corrected chi connectivity index (χ1v) is 10.0. The molecule has 1 aliphatic heterocycles. The summed E-state index contributed by atoms with van der Waals surface area (Å²) < 4.78 is 26.9. The molecule has 1 radical (unpaired) electrons. The number of benzene rings is 2. The third kappa shape index (κ3) is 5.42. The minimum Gasteiger partial charge on any atom is -0.369 e. The van der Waals surface area contributed by atoms with Crippen LogP contribution in [-0.4, -0.2) is 47.8 Å². The Balaban J connectivity index is 1.69. The van der Waals surface area contributed by atoms with E-state index in [1.807, 2.05) is 0 Å². The molecule has 1 heterocycles. The Labute approximate surface area is 175 Å². The topological polar surface area (TPSA) is 66.6 Å². The Bertz CT molecular complexity index is 818. The molecule has 2 aromatic carbocycles. The van der Waals surface area contributed by atoms with Crippen molar-refractivity contribution >= 4 is 11.8 Å². The van der Waals surface area contributed by atoms with E-state index in [0.717, 1.165) is 11.1 Å². The fourth-order valence-electron chi connectivity index (χ4n) is 3.63. The van der Waals surface area contributed by atoms with Gasteiger partial charge in [-0.05, 0) is 41.8 Å². The monoisotopic (exact) mass is 414 g/mol.